The Labute approximate surface area is 130 Å². The molecule has 5 heteroatoms. The van der Waals surface area contributed by atoms with Crippen LogP contribution in [-0.2, 0) is 4.79 Å². The quantitative estimate of drug-likeness (QED) is 0.849. The molecule has 1 saturated carbocycles. The minimum absolute atomic E-state index is 0.0170. The first kappa shape index (κ1) is 16.1. The molecule has 0 aliphatic heterocycles. The molecule has 2 atom stereocenters. The van der Waals surface area contributed by atoms with Crippen LogP contribution in [0.25, 0.3) is 0 Å². The molecule has 0 heterocycles. The average Bonchev–Trinajstić information content (AvgIpc) is 2.51. The standard InChI is InChI=1S/C16H22ClNO3/c17-14-6-3-7-15(8-14)21-11-16(20)18-9-12-4-1-2-5-13(12)10-19/h3,6-8,12-13,19H,1-2,4-5,9-11H2,(H,18,20). The number of hydrogen-bond donors (Lipinski definition) is 2. The molecule has 1 aromatic carbocycles. The Morgan fingerprint density at radius 3 is 2.81 bits per heavy atom. The van der Waals surface area contributed by atoms with Crippen molar-refractivity contribution in [2.45, 2.75) is 25.7 Å². The van der Waals surface area contributed by atoms with E-state index in [1.54, 1.807) is 24.3 Å². The van der Waals surface area contributed by atoms with Crippen LogP contribution in [-0.4, -0.2) is 30.8 Å². The molecular weight excluding hydrogens is 290 g/mol. The van der Waals surface area contributed by atoms with Crippen LogP contribution in [0.1, 0.15) is 25.7 Å². The van der Waals surface area contributed by atoms with Crippen molar-refractivity contribution in [3.8, 4) is 5.75 Å². The van der Waals surface area contributed by atoms with Crippen LogP contribution in [0.3, 0.4) is 0 Å². The van der Waals surface area contributed by atoms with E-state index in [0.717, 1.165) is 12.8 Å². The van der Waals surface area contributed by atoms with Crippen molar-refractivity contribution < 1.29 is 14.6 Å². The maximum absolute atomic E-state index is 11.8. The van der Waals surface area contributed by atoms with E-state index in [-0.39, 0.29) is 19.1 Å². The average molecular weight is 312 g/mol. The first-order valence-corrected chi connectivity index (χ1v) is 7.82. The smallest absolute Gasteiger partial charge is 0.257 e. The summed E-state index contributed by atoms with van der Waals surface area (Å²) in [6.07, 6.45) is 4.47. The largest absolute Gasteiger partial charge is 0.484 e. The Morgan fingerprint density at radius 1 is 1.33 bits per heavy atom. The second-order valence-electron chi connectivity index (χ2n) is 5.54. The lowest BCUT2D eigenvalue weighted by Gasteiger charge is -2.30. The lowest BCUT2D eigenvalue weighted by molar-refractivity contribution is -0.123. The van der Waals surface area contributed by atoms with Gasteiger partial charge >= 0.3 is 0 Å². The van der Waals surface area contributed by atoms with Gasteiger partial charge in [-0.25, -0.2) is 0 Å². The summed E-state index contributed by atoms with van der Waals surface area (Å²) >= 11 is 5.85. The minimum atomic E-state index is -0.141. The number of amides is 1. The Bertz CT molecular complexity index is 467. The number of carbonyl (C=O) groups is 1. The van der Waals surface area contributed by atoms with Crippen LogP contribution in [0.15, 0.2) is 24.3 Å². The maximum Gasteiger partial charge on any atom is 0.257 e. The van der Waals surface area contributed by atoms with Crippen molar-refractivity contribution in [2.24, 2.45) is 11.8 Å². The Kier molecular flexibility index (Phi) is 6.33. The van der Waals surface area contributed by atoms with Crippen molar-refractivity contribution in [1.82, 2.24) is 5.32 Å². The van der Waals surface area contributed by atoms with E-state index < -0.39 is 0 Å². The lowest BCUT2D eigenvalue weighted by atomic mass is 9.79. The van der Waals surface area contributed by atoms with Gasteiger partial charge in [-0.15, -0.1) is 0 Å². The number of aliphatic hydroxyl groups is 1. The first-order chi connectivity index (χ1) is 10.2. The molecule has 0 aromatic heterocycles. The molecule has 1 amide bonds. The van der Waals surface area contributed by atoms with Gasteiger partial charge in [-0.1, -0.05) is 30.5 Å². The Balaban J connectivity index is 1.72. The molecule has 0 saturated heterocycles. The third-order valence-electron chi connectivity index (χ3n) is 4.03. The van der Waals surface area contributed by atoms with Crippen molar-refractivity contribution in [1.29, 1.82) is 0 Å². The number of carbonyl (C=O) groups excluding carboxylic acids is 1. The van der Waals surface area contributed by atoms with E-state index in [1.807, 2.05) is 0 Å². The molecule has 2 rings (SSSR count). The van der Waals surface area contributed by atoms with Gasteiger partial charge in [-0.05, 0) is 42.9 Å². The molecule has 1 aromatic rings. The highest BCUT2D eigenvalue weighted by Gasteiger charge is 2.24. The van der Waals surface area contributed by atoms with Crippen molar-refractivity contribution in [3.63, 3.8) is 0 Å². The third kappa shape index (κ3) is 5.21. The summed E-state index contributed by atoms with van der Waals surface area (Å²) in [6, 6.07) is 6.98. The molecule has 0 bridgehead atoms. The van der Waals surface area contributed by atoms with Gasteiger partial charge in [0.25, 0.3) is 5.91 Å². The summed E-state index contributed by atoms with van der Waals surface area (Å²) in [4.78, 5) is 11.8. The highest BCUT2D eigenvalue weighted by Crippen LogP contribution is 2.29. The van der Waals surface area contributed by atoms with Crippen LogP contribution in [0.5, 0.6) is 5.75 Å². The number of hydrogen-bond acceptors (Lipinski definition) is 3. The number of aliphatic hydroxyl groups excluding tert-OH is 1. The minimum Gasteiger partial charge on any atom is -0.484 e. The predicted molar refractivity (Wildman–Crippen MR) is 82.5 cm³/mol. The molecule has 2 N–H and O–H groups in total. The Morgan fingerprint density at radius 2 is 2.10 bits per heavy atom. The van der Waals surface area contributed by atoms with E-state index >= 15 is 0 Å². The summed E-state index contributed by atoms with van der Waals surface area (Å²) in [5.74, 6) is 1.13. The van der Waals surface area contributed by atoms with Gasteiger partial charge in [0.2, 0.25) is 0 Å². The van der Waals surface area contributed by atoms with Gasteiger partial charge in [-0.2, -0.15) is 0 Å². The van der Waals surface area contributed by atoms with Gasteiger partial charge < -0.3 is 15.2 Å². The van der Waals surface area contributed by atoms with Crippen molar-refractivity contribution in [3.05, 3.63) is 29.3 Å². The number of ether oxygens (including phenoxy) is 1. The molecule has 0 radical (unpaired) electrons. The first-order valence-electron chi connectivity index (χ1n) is 7.45. The molecule has 1 fully saturated rings. The molecule has 116 valence electrons. The zero-order valence-corrected chi connectivity index (χ0v) is 12.8. The lowest BCUT2D eigenvalue weighted by Crippen LogP contribution is -2.37. The second-order valence-corrected chi connectivity index (χ2v) is 5.97. The highest BCUT2D eigenvalue weighted by molar-refractivity contribution is 6.30. The summed E-state index contributed by atoms with van der Waals surface area (Å²) in [6.45, 7) is 0.805. The second kappa shape index (κ2) is 8.25. The van der Waals surface area contributed by atoms with E-state index in [1.165, 1.54) is 12.8 Å². The van der Waals surface area contributed by atoms with Crippen LogP contribution in [0.2, 0.25) is 5.02 Å². The zero-order valence-electron chi connectivity index (χ0n) is 12.1. The monoisotopic (exact) mass is 311 g/mol. The van der Waals surface area contributed by atoms with E-state index in [2.05, 4.69) is 5.32 Å². The van der Waals surface area contributed by atoms with Gasteiger partial charge in [0.15, 0.2) is 6.61 Å². The topological polar surface area (TPSA) is 58.6 Å². The number of rotatable bonds is 6. The van der Waals surface area contributed by atoms with Gasteiger partial charge in [0.1, 0.15) is 5.75 Å². The molecule has 1 aliphatic rings. The van der Waals surface area contributed by atoms with Gasteiger partial charge in [0.05, 0.1) is 0 Å². The zero-order chi connectivity index (χ0) is 15.1. The molecule has 1 aliphatic carbocycles. The molecule has 21 heavy (non-hydrogen) atoms. The predicted octanol–water partition coefficient (Wildman–Crippen LogP) is 2.63. The number of benzene rings is 1. The Hall–Kier alpha value is -1.26. The third-order valence-corrected chi connectivity index (χ3v) is 4.26. The van der Waals surface area contributed by atoms with E-state index in [9.17, 15) is 9.90 Å². The van der Waals surface area contributed by atoms with E-state index in [4.69, 9.17) is 16.3 Å². The maximum atomic E-state index is 11.8. The fourth-order valence-corrected chi connectivity index (χ4v) is 2.98. The van der Waals surface area contributed by atoms with Gasteiger partial charge in [0, 0.05) is 18.2 Å². The summed E-state index contributed by atoms with van der Waals surface area (Å²) in [7, 11) is 0. The number of halogens is 1. The van der Waals surface area contributed by atoms with Crippen molar-refractivity contribution in [2.75, 3.05) is 19.8 Å². The van der Waals surface area contributed by atoms with Crippen LogP contribution in [0, 0.1) is 11.8 Å². The fraction of sp³-hybridized carbons (Fsp3) is 0.562. The van der Waals surface area contributed by atoms with Crippen molar-refractivity contribution >= 4 is 17.5 Å². The molecule has 4 nitrogen and oxygen atoms in total. The van der Waals surface area contributed by atoms with Crippen LogP contribution < -0.4 is 10.1 Å². The van der Waals surface area contributed by atoms with Gasteiger partial charge in [-0.3, -0.25) is 4.79 Å². The molecular formula is C16H22ClNO3. The summed E-state index contributed by atoms with van der Waals surface area (Å²) < 4.78 is 5.40. The highest BCUT2D eigenvalue weighted by atomic mass is 35.5. The fourth-order valence-electron chi connectivity index (χ4n) is 2.80. The van der Waals surface area contributed by atoms with Crippen LogP contribution >= 0.6 is 11.6 Å². The SMILES string of the molecule is O=C(COc1cccc(Cl)c1)NCC1CCCCC1CO. The molecule has 0 spiro atoms. The molecule has 2 unspecified atom stereocenters. The van der Waals surface area contributed by atoms with Crippen LogP contribution in [0.4, 0.5) is 0 Å². The normalized spacial score (nSPS) is 21.8. The summed E-state index contributed by atoms with van der Waals surface area (Å²) in [5, 5.41) is 12.8. The van der Waals surface area contributed by atoms with E-state index in [0.29, 0.717) is 29.2 Å². The summed E-state index contributed by atoms with van der Waals surface area (Å²) in [5.41, 5.74) is 0. The number of nitrogens with one attached hydrogen (secondary N) is 1.